The van der Waals surface area contributed by atoms with Crippen LogP contribution in [0.2, 0.25) is 0 Å². The molecule has 0 aliphatic heterocycles. The molecule has 2 aromatic heterocycles. The first kappa shape index (κ1) is 20.8. The minimum Gasteiger partial charge on any atom is -0.371 e. The molecule has 1 aromatic carbocycles. The van der Waals surface area contributed by atoms with Gasteiger partial charge >= 0.3 is 0 Å². The largest absolute Gasteiger partial charge is 0.371 e. The maximum absolute atomic E-state index is 14.0. The van der Waals surface area contributed by atoms with Crippen LogP contribution in [0.5, 0.6) is 0 Å². The molecule has 1 saturated carbocycles. The minimum atomic E-state index is -0.571. The lowest BCUT2D eigenvalue weighted by molar-refractivity contribution is -0.117. The lowest BCUT2D eigenvalue weighted by Gasteiger charge is -2.28. The molecule has 8 heteroatoms. The van der Waals surface area contributed by atoms with E-state index in [-0.39, 0.29) is 23.5 Å². The summed E-state index contributed by atoms with van der Waals surface area (Å²) in [5.74, 6) is -0.465. The average molecular weight is 423 g/mol. The van der Waals surface area contributed by atoms with Crippen molar-refractivity contribution in [3.8, 4) is 0 Å². The summed E-state index contributed by atoms with van der Waals surface area (Å²) in [4.78, 5) is 27.6. The number of benzene rings is 1. The lowest BCUT2D eigenvalue weighted by Crippen LogP contribution is -2.34. The standard InChI is InChI=1S/C23H23F2N5O/c1-14-20(12-26-15(2)28-14)30(3)13-23(16-5-4-6-17(24)9-16)10-19(23)22(31)29-21-8-7-18(25)11-27-21/h4-9,11-12,19H,10,13H2,1-3H3,(H,27,29,31)/t19-,23+/m0/s1. The third kappa shape index (κ3) is 4.23. The predicted octanol–water partition coefficient (Wildman–Crippen LogP) is 3.80. The normalized spacial score (nSPS) is 19.7. The summed E-state index contributed by atoms with van der Waals surface area (Å²) in [5, 5.41) is 2.75. The molecule has 1 N–H and O–H groups in total. The maximum Gasteiger partial charge on any atom is 0.229 e. The molecule has 3 aromatic rings. The van der Waals surface area contributed by atoms with Gasteiger partial charge in [-0.05, 0) is 50.1 Å². The number of carbonyl (C=O) groups is 1. The number of likely N-dealkylation sites (N-methyl/N-ethyl adjacent to an activating group) is 1. The van der Waals surface area contributed by atoms with Crippen LogP contribution < -0.4 is 10.2 Å². The molecule has 4 rings (SSSR count). The monoisotopic (exact) mass is 423 g/mol. The molecule has 160 valence electrons. The molecule has 0 radical (unpaired) electrons. The zero-order chi connectivity index (χ0) is 22.2. The van der Waals surface area contributed by atoms with Gasteiger partial charge in [0, 0.05) is 19.0 Å². The summed E-state index contributed by atoms with van der Waals surface area (Å²) < 4.78 is 27.1. The highest BCUT2D eigenvalue weighted by molar-refractivity contribution is 5.95. The molecule has 2 atom stereocenters. The van der Waals surface area contributed by atoms with Gasteiger partial charge in [0.05, 0.1) is 29.7 Å². The first-order valence-electron chi connectivity index (χ1n) is 9.98. The number of pyridine rings is 1. The molecule has 0 saturated heterocycles. The summed E-state index contributed by atoms with van der Waals surface area (Å²) in [6.07, 6.45) is 3.37. The van der Waals surface area contributed by atoms with Gasteiger partial charge in [-0.15, -0.1) is 0 Å². The molecule has 1 amide bonds. The van der Waals surface area contributed by atoms with Crippen LogP contribution in [-0.4, -0.2) is 34.5 Å². The summed E-state index contributed by atoms with van der Waals surface area (Å²) in [7, 11) is 1.91. The predicted molar refractivity (Wildman–Crippen MR) is 114 cm³/mol. The Hall–Kier alpha value is -3.42. The van der Waals surface area contributed by atoms with E-state index in [0.29, 0.717) is 18.8 Å². The van der Waals surface area contributed by atoms with Crippen LogP contribution in [0.25, 0.3) is 0 Å². The summed E-state index contributed by atoms with van der Waals surface area (Å²) >= 11 is 0. The van der Waals surface area contributed by atoms with Crippen LogP contribution in [0, 0.1) is 31.4 Å². The maximum atomic E-state index is 14.0. The van der Waals surface area contributed by atoms with E-state index in [4.69, 9.17) is 0 Å². The second-order valence-corrected chi connectivity index (χ2v) is 8.02. The van der Waals surface area contributed by atoms with Crippen LogP contribution in [-0.2, 0) is 10.2 Å². The number of carbonyl (C=O) groups excluding carboxylic acids is 1. The smallest absolute Gasteiger partial charge is 0.229 e. The van der Waals surface area contributed by atoms with Crippen LogP contribution >= 0.6 is 0 Å². The van der Waals surface area contributed by atoms with E-state index in [9.17, 15) is 13.6 Å². The number of nitrogens with zero attached hydrogens (tertiary/aromatic N) is 4. The molecule has 0 unspecified atom stereocenters. The number of amides is 1. The second kappa shape index (κ2) is 8.02. The van der Waals surface area contributed by atoms with Gasteiger partial charge in [-0.3, -0.25) is 4.79 Å². The fourth-order valence-electron chi connectivity index (χ4n) is 4.16. The minimum absolute atomic E-state index is 0.228. The number of aromatic nitrogens is 3. The van der Waals surface area contributed by atoms with Crippen molar-refractivity contribution in [1.82, 2.24) is 15.0 Å². The number of halogens is 2. The van der Waals surface area contributed by atoms with Crippen molar-refractivity contribution in [1.29, 1.82) is 0 Å². The molecule has 31 heavy (non-hydrogen) atoms. The van der Waals surface area contributed by atoms with Crippen LogP contribution in [0.3, 0.4) is 0 Å². The highest BCUT2D eigenvalue weighted by atomic mass is 19.1. The molecular formula is C23H23F2N5O. The molecule has 1 aliphatic rings. The molecule has 6 nitrogen and oxygen atoms in total. The highest BCUT2D eigenvalue weighted by Gasteiger charge is 2.59. The van der Waals surface area contributed by atoms with Gasteiger partial charge in [0.2, 0.25) is 5.91 Å². The second-order valence-electron chi connectivity index (χ2n) is 8.02. The quantitative estimate of drug-likeness (QED) is 0.653. The number of rotatable bonds is 6. The first-order chi connectivity index (χ1) is 14.8. The van der Waals surface area contributed by atoms with Crippen LogP contribution in [0.4, 0.5) is 20.3 Å². The molecule has 0 bridgehead atoms. The van der Waals surface area contributed by atoms with Gasteiger partial charge in [-0.1, -0.05) is 12.1 Å². The fraction of sp³-hybridized carbons (Fsp3) is 0.304. The van der Waals surface area contributed by atoms with Gasteiger partial charge in [0.25, 0.3) is 0 Å². The van der Waals surface area contributed by atoms with Crippen molar-refractivity contribution >= 4 is 17.4 Å². The zero-order valence-electron chi connectivity index (χ0n) is 17.6. The van der Waals surface area contributed by atoms with E-state index in [1.165, 1.54) is 24.3 Å². The highest BCUT2D eigenvalue weighted by Crippen LogP contribution is 2.55. The number of anilines is 2. The Balaban J connectivity index is 1.61. The van der Waals surface area contributed by atoms with Gasteiger partial charge < -0.3 is 10.2 Å². The number of hydrogen-bond acceptors (Lipinski definition) is 5. The average Bonchev–Trinajstić information content (AvgIpc) is 3.45. The van der Waals surface area contributed by atoms with E-state index in [2.05, 4.69) is 20.3 Å². The third-order valence-electron chi connectivity index (χ3n) is 5.77. The van der Waals surface area contributed by atoms with Gasteiger partial charge in [0.1, 0.15) is 23.3 Å². The Bertz CT molecular complexity index is 1120. The van der Waals surface area contributed by atoms with Gasteiger partial charge in [-0.2, -0.15) is 0 Å². The van der Waals surface area contributed by atoms with Crippen molar-refractivity contribution < 1.29 is 13.6 Å². The SMILES string of the molecule is Cc1ncc(N(C)C[C@@]2(c3cccc(F)c3)C[C@H]2C(=O)Nc2ccc(F)cn2)c(C)n1. The molecule has 2 heterocycles. The van der Waals surface area contributed by atoms with Crippen molar-refractivity contribution in [3.63, 3.8) is 0 Å². The van der Waals surface area contributed by atoms with Crippen molar-refractivity contribution in [2.75, 3.05) is 23.8 Å². The third-order valence-corrected chi connectivity index (χ3v) is 5.77. The van der Waals surface area contributed by atoms with E-state index >= 15 is 0 Å². The summed E-state index contributed by atoms with van der Waals surface area (Å²) in [5.41, 5.74) is 1.88. The molecular weight excluding hydrogens is 400 g/mol. The van der Waals surface area contributed by atoms with E-state index in [0.717, 1.165) is 23.1 Å². The Labute approximate surface area is 179 Å². The lowest BCUT2D eigenvalue weighted by atomic mass is 9.92. The Morgan fingerprint density at radius 3 is 2.65 bits per heavy atom. The van der Waals surface area contributed by atoms with Crippen LogP contribution in [0.1, 0.15) is 23.5 Å². The van der Waals surface area contributed by atoms with E-state index in [1.807, 2.05) is 31.9 Å². The Morgan fingerprint density at radius 2 is 1.97 bits per heavy atom. The first-order valence-corrected chi connectivity index (χ1v) is 9.98. The van der Waals surface area contributed by atoms with E-state index < -0.39 is 11.2 Å². The molecule has 1 fully saturated rings. The zero-order valence-corrected chi connectivity index (χ0v) is 17.6. The number of hydrogen-bond donors (Lipinski definition) is 1. The van der Waals surface area contributed by atoms with Crippen molar-refractivity contribution in [2.45, 2.75) is 25.7 Å². The summed E-state index contributed by atoms with van der Waals surface area (Å²) in [6, 6.07) is 9.02. The Morgan fingerprint density at radius 1 is 1.16 bits per heavy atom. The van der Waals surface area contributed by atoms with Gasteiger partial charge in [-0.25, -0.2) is 23.7 Å². The number of aryl methyl sites for hydroxylation is 2. The topological polar surface area (TPSA) is 71.0 Å². The van der Waals surface area contributed by atoms with Crippen molar-refractivity contribution in [2.24, 2.45) is 5.92 Å². The van der Waals surface area contributed by atoms with Crippen molar-refractivity contribution in [3.05, 3.63) is 77.5 Å². The van der Waals surface area contributed by atoms with E-state index in [1.54, 1.807) is 12.3 Å². The number of nitrogens with one attached hydrogen (secondary N) is 1. The fourth-order valence-corrected chi connectivity index (χ4v) is 4.16. The van der Waals surface area contributed by atoms with Crippen LogP contribution in [0.15, 0.2) is 48.8 Å². The Kier molecular flexibility index (Phi) is 5.39. The van der Waals surface area contributed by atoms with Gasteiger partial charge in [0.15, 0.2) is 0 Å². The molecule has 1 aliphatic carbocycles. The molecule has 0 spiro atoms. The summed E-state index contributed by atoms with van der Waals surface area (Å²) in [6.45, 7) is 4.22.